The highest BCUT2D eigenvalue weighted by atomic mass is 19.3. The predicted octanol–water partition coefficient (Wildman–Crippen LogP) is 2.62. The average Bonchev–Trinajstić information content (AvgIpc) is 2.17. The van der Waals surface area contributed by atoms with Gasteiger partial charge in [-0.25, -0.2) is 9.18 Å². The standard InChI is InChI=1S/C8H7FO2.CH2F2O.CH4/c9-7(8(10)11)6-4-2-1-3-5-6;2-1(3)4;/h1-5,7H,(H,10,11);1,4H;1H4/t7-;;/m1../s1. The molecule has 1 atom stereocenters. The predicted molar refractivity (Wildman–Crippen MR) is 52.9 cm³/mol. The zero-order valence-electron chi connectivity index (χ0n) is 7.48. The van der Waals surface area contributed by atoms with E-state index < -0.39 is 18.8 Å². The maximum absolute atomic E-state index is 12.7. The molecule has 0 fully saturated rings. The van der Waals surface area contributed by atoms with Crippen LogP contribution in [0.3, 0.4) is 0 Å². The van der Waals surface area contributed by atoms with Gasteiger partial charge >= 0.3 is 12.6 Å². The summed E-state index contributed by atoms with van der Waals surface area (Å²) in [6.45, 7) is -3.17. The van der Waals surface area contributed by atoms with Gasteiger partial charge in [-0.3, -0.25) is 0 Å². The van der Waals surface area contributed by atoms with Gasteiger partial charge in [0.2, 0.25) is 6.17 Å². The number of benzene rings is 1. The molecule has 3 nitrogen and oxygen atoms in total. The van der Waals surface area contributed by atoms with E-state index in [4.69, 9.17) is 10.2 Å². The van der Waals surface area contributed by atoms with Crippen molar-refractivity contribution < 1.29 is 28.2 Å². The second kappa shape index (κ2) is 8.72. The molecule has 1 aromatic carbocycles. The van der Waals surface area contributed by atoms with Crippen molar-refractivity contribution in [3.05, 3.63) is 35.9 Å². The fourth-order valence-corrected chi connectivity index (χ4v) is 0.765. The van der Waals surface area contributed by atoms with Gasteiger partial charge in [-0.2, -0.15) is 8.78 Å². The van der Waals surface area contributed by atoms with E-state index in [1.807, 2.05) is 0 Å². The number of carboxylic acid groups (broad SMARTS) is 1. The van der Waals surface area contributed by atoms with E-state index in [1.54, 1.807) is 18.2 Å². The molecule has 0 heterocycles. The summed E-state index contributed by atoms with van der Waals surface area (Å²) < 4.78 is 32.4. The third-order valence-corrected chi connectivity index (χ3v) is 1.31. The van der Waals surface area contributed by atoms with Gasteiger partial charge in [0.25, 0.3) is 0 Å². The van der Waals surface area contributed by atoms with Gasteiger partial charge in [0.15, 0.2) is 0 Å². The van der Waals surface area contributed by atoms with Gasteiger partial charge in [-0.1, -0.05) is 37.8 Å². The molecule has 2 N–H and O–H groups in total. The number of hydrogen-bond acceptors (Lipinski definition) is 2. The fourth-order valence-electron chi connectivity index (χ4n) is 0.765. The number of hydrogen-bond donors (Lipinski definition) is 2. The van der Waals surface area contributed by atoms with Crippen molar-refractivity contribution in [3.63, 3.8) is 0 Å². The van der Waals surface area contributed by atoms with Gasteiger partial charge in [0.1, 0.15) is 0 Å². The Labute approximate surface area is 91.1 Å². The Balaban J connectivity index is 0. The van der Waals surface area contributed by atoms with Crippen LogP contribution in [0.4, 0.5) is 13.2 Å². The lowest BCUT2D eigenvalue weighted by Crippen LogP contribution is -2.05. The number of carbonyl (C=O) groups is 1. The van der Waals surface area contributed by atoms with Crippen molar-refractivity contribution in [2.75, 3.05) is 0 Å². The smallest absolute Gasteiger partial charge is 0.343 e. The molecule has 0 aromatic heterocycles. The molecule has 1 aromatic rings. The molecule has 0 radical (unpaired) electrons. The minimum Gasteiger partial charge on any atom is -0.479 e. The number of aliphatic hydroxyl groups excluding tert-OH is 1. The Morgan fingerprint density at radius 1 is 1.12 bits per heavy atom. The van der Waals surface area contributed by atoms with Gasteiger partial charge in [0.05, 0.1) is 0 Å². The van der Waals surface area contributed by atoms with Gasteiger partial charge in [-0.05, 0) is 5.56 Å². The van der Waals surface area contributed by atoms with Crippen LogP contribution in [0.2, 0.25) is 0 Å². The summed E-state index contributed by atoms with van der Waals surface area (Å²) in [6.07, 6.45) is -1.91. The van der Waals surface area contributed by atoms with Crippen LogP contribution in [0.1, 0.15) is 19.2 Å². The number of rotatable bonds is 2. The molecule has 92 valence electrons. The van der Waals surface area contributed by atoms with Crippen molar-refractivity contribution in [1.82, 2.24) is 0 Å². The zero-order chi connectivity index (χ0) is 11.8. The van der Waals surface area contributed by atoms with Gasteiger partial charge in [0, 0.05) is 0 Å². The molecular formula is C10H13F3O3. The zero-order valence-corrected chi connectivity index (χ0v) is 7.48. The van der Waals surface area contributed by atoms with E-state index in [9.17, 15) is 18.0 Å². The van der Waals surface area contributed by atoms with Crippen molar-refractivity contribution in [2.45, 2.75) is 20.2 Å². The molecule has 0 unspecified atom stereocenters. The minimum absolute atomic E-state index is 0. The number of carboxylic acids is 1. The molecule has 0 aliphatic carbocycles. The van der Waals surface area contributed by atoms with Crippen LogP contribution in [0.5, 0.6) is 0 Å². The summed E-state index contributed by atoms with van der Waals surface area (Å²) >= 11 is 0. The fraction of sp³-hybridized carbons (Fsp3) is 0.300. The lowest BCUT2D eigenvalue weighted by Gasteiger charge is -2.00. The van der Waals surface area contributed by atoms with E-state index in [-0.39, 0.29) is 13.0 Å². The SMILES string of the molecule is C.O=C(O)[C@H](F)c1ccccc1.OC(F)F. The average molecular weight is 238 g/mol. The van der Waals surface area contributed by atoms with E-state index in [0.717, 1.165) is 0 Å². The van der Waals surface area contributed by atoms with Gasteiger partial charge in [-0.15, -0.1) is 0 Å². The summed E-state index contributed by atoms with van der Waals surface area (Å²) in [4.78, 5) is 10.1. The molecule has 16 heavy (non-hydrogen) atoms. The Morgan fingerprint density at radius 3 is 1.81 bits per heavy atom. The van der Waals surface area contributed by atoms with Crippen molar-refractivity contribution in [2.24, 2.45) is 0 Å². The molecule has 0 bridgehead atoms. The second-order valence-corrected chi connectivity index (χ2v) is 2.39. The number of alkyl halides is 3. The first-order valence-corrected chi connectivity index (χ1v) is 3.83. The Kier molecular flexibility index (Phi) is 9.19. The minimum atomic E-state index is -3.17. The largest absolute Gasteiger partial charge is 0.479 e. The Hall–Kier alpha value is -1.56. The highest BCUT2D eigenvalue weighted by Gasteiger charge is 2.16. The molecular weight excluding hydrogens is 225 g/mol. The summed E-state index contributed by atoms with van der Waals surface area (Å²) in [5.74, 6) is -1.45. The van der Waals surface area contributed by atoms with Crippen molar-refractivity contribution in [1.29, 1.82) is 0 Å². The monoisotopic (exact) mass is 238 g/mol. The molecule has 0 saturated heterocycles. The Morgan fingerprint density at radius 2 is 1.50 bits per heavy atom. The molecule has 0 aliphatic rings. The molecule has 1 rings (SSSR count). The third-order valence-electron chi connectivity index (χ3n) is 1.31. The maximum Gasteiger partial charge on any atom is 0.343 e. The van der Waals surface area contributed by atoms with Crippen LogP contribution in [-0.4, -0.2) is 22.8 Å². The summed E-state index contributed by atoms with van der Waals surface area (Å²) in [5, 5.41) is 15.0. The molecule has 0 aliphatic heterocycles. The topological polar surface area (TPSA) is 57.5 Å². The first-order valence-electron chi connectivity index (χ1n) is 3.83. The lowest BCUT2D eigenvalue weighted by molar-refractivity contribution is -0.143. The highest BCUT2D eigenvalue weighted by Crippen LogP contribution is 2.15. The van der Waals surface area contributed by atoms with Crippen LogP contribution >= 0.6 is 0 Å². The van der Waals surface area contributed by atoms with Crippen molar-refractivity contribution in [3.8, 4) is 0 Å². The van der Waals surface area contributed by atoms with Crippen LogP contribution in [0, 0.1) is 0 Å². The second-order valence-electron chi connectivity index (χ2n) is 2.39. The number of halogens is 3. The molecule has 0 amide bonds. The molecule has 0 saturated carbocycles. The maximum atomic E-state index is 12.7. The van der Waals surface area contributed by atoms with Crippen LogP contribution in [0.15, 0.2) is 30.3 Å². The first kappa shape index (κ1) is 16.9. The van der Waals surface area contributed by atoms with Crippen molar-refractivity contribution >= 4 is 5.97 Å². The van der Waals surface area contributed by atoms with Crippen LogP contribution in [-0.2, 0) is 4.79 Å². The quantitative estimate of drug-likeness (QED) is 0.832. The lowest BCUT2D eigenvalue weighted by atomic mass is 10.1. The Bertz CT molecular complexity index is 288. The summed E-state index contributed by atoms with van der Waals surface area (Å²) in [5.41, 5.74) is 0.181. The normalized spacial score (nSPS) is 10.8. The molecule has 0 spiro atoms. The van der Waals surface area contributed by atoms with Gasteiger partial charge < -0.3 is 10.2 Å². The van der Waals surface area contributed by atoms with E-state index in [1.165, 1.54) is 12.1 Å². The number of aliphatic hydroxyl groups is 1. The highest BCUT2D eigenvalue weighted by molar-refractivity contribution is 5.74. The number of aliphatic carboxylic acids is 1. The third kappa shape index (κ3) is 7.81. The molecule has 6 heteroatoms. The van der Waals surface area contributed by atoms with Crippen LogP contribution < -0.4 is 0 Å². The van der Waals surface area contributed by atoms with E-state index >= 15 is 0 Å². The first-order chi connectivity index (χ1) is 6.95. The van der Waals surface area contributed by atoms with Crippen LogP contribution in [0.25, 0.3) is 0 Å². The summed E-state index contributed by atoms with van der Waals surface area (Å²) in [7, 11) is 0. The van der Waals surface area contributed by atoms with E-state index in [0.29, 0.717) is 0 Å². The van der Waals surface area contributed by atoms with E-state index in [2.05, 4.69) is 0 Å². The summed E-state index contributed by atoms with van der Waals surface area (Å²) in [6, 6.07) is 7.80.